The van der Waals surface area contributed by atoms with Crippen LogP contribution in [0.1, 0.15) is 26.7 Å². The van der Waals surface area contributed by atoms with E-state index in [4.69, 9.17) is 10.7 Å². The average Bonchev–Trinajstić information content (AvgIpc) is 2.42. The van der Waals surface area contributed by atoms with E-state index in [0.29, 0.717) is 25.0 Å². The van der Waals surface area contributed by atoms with E-state index in [1.54, 1.807) is 0 Å². The fourth-order valence-corrected chi connectivity index (χ4v) is 2.63. The molecule has 22 heavy (non-hydrogen) atoms. The maximum atomic E-state index is 11.3. The first kappa shape index (κ1) is 18.1. The monoisotopic (exact) mass is 351 g/mol. The van der Waals surface area contributed by atoms with Gasteiger partial charge in [-0.15, -0.1) is 0 Å². The van der Waals surface area contributed by atoms with Gasteiger partial charge in [0.15, 0.2) is 5.69 Å². The third kappa shape index (κ3) is 4.04. The highest BCUT2D eigenvalue weighted by molar-refractivity contribution is 8.13. The SMILES string of the molecule is CCC(CC)Nc1c([N+](=O)[O-])cc(S(=O)(=O)Cl)cc1[N+](=O)[O-]. The van der Waals surface area contributed by atoms with Gasteiger partial charge in [0.2, 0.25) is 0 Å². The van der Waals surface area contributed by atoms with Crippen molar-refractivity contribution >= 4 is 36.8 Å². The molecule has 0 aliphatic heterocycles. The van der Waals surface area contributed by atoms with Crippen LogP contribution in [0.25, 0.3) is 0 Å². The molecule has 0 aliphatic rings. The van der Waals surface area contributed by atoms with Crippen LogP contribution in [0.2, 0.25) is 0 Å². The van der Waals surface area contributed by atoms with Gasteiger partial charge in [-0.25, -0.2) is 8.42 Å². The standard InChI is InChI=1S/C11H14ClN3O6S/c1-3-7(4-2)13-11-9(14(16)17)5-8(22(12,20)21)6-10(11)15(18)19/h5-7,13H,3-4H2,1-2H3. The fourth-order valence-electron chi connectivity index (χ4n) is 1.86. The summed E-state index contributed by atoms with van der Waals surface area (Å²) in [5.41, 5.74) is -1.74. The highest BCUT2D eigenvalue weighted by atomic mass is 35.7. The first-order valence-electron chi connectivity index (χ1n) is 6.29. The summed E-state index contributed by atoms with van der Waals surface area (Å²) >= 11 is 0. The lowest BCUT2D eigenvalue weighted by atomic mass is 10.1. The molecule has 11 heteroatoms. The Balaban J connectivity index is 3.65. The fraction of sp³-hybridized carbons (Fsp3) is 0.455. The number of hydrogen-bond donors (Lipinski definition) is 1. The van der Waals surface area contributed by atoms with Crippen LogP contribution in [-0.2, 0) is 9.05 Å². The Morgan fingerprint density at radius 3 is 1.82 bits per heavy atom. The molecule has 0 amide bonds. The van der Waals surface area contributed by atoms with Gasteiger partial charge in [-0.2, -0.15) is 0 Å². The minimum absolute atomic E-state index is 0.226. The number of rotatable bonds is 7. The Bertz CT molecular complexity index is 667. The predicted molar refractivity (Wildman–Crippen MR) is 80.8 cm³/mol. The van der Waals surface area contributed by atoms with Crippen LogP contribution in [0.4, 0.5) is 17.1 Å². The van der Waals surface area contributed by atoms with E-state index in [2.05, 4.69) is 5.32 Å². The van der Waals surface area contributed by atoms with Crippen LogP contribution in [0.15, 0.2) is 17.0 Å². The van der Waals surface area contributed by atoms with Crippen LogP contribution in [-0.4, -0.2) is 24.3 Å². The third-order valence-electron chi connectivity index (χ3n) is 3.08. The highest BCUT2D eigenvalue weighted by Crippen LogP contribution is 2.38. The van der Waals surface area contributed by atoms with Crippen molar-refractivity contribution in [2.24, 2.45) is 0 Å². The smallest absolute Gasteiger partial charge is 0.300 e. The van der Waals surface area contributed by atoms with Crippen molar-refractivity contribution in [2.75, 3.05) is 5.32 Å². The number of anilines is 1. The van der Waals surface area contributed by atoms with E-state index in [1.807, 2.05) is 13.8 Å². The van der Waals surface area contributed by atoms with Crippen molar-refractivity contribution < 1.29 is 18.3 Å². The maximum Gasteiger partial charge on any atom is 0.300 e. The van der Waals surface area contributed by atoms with Crippen LogP contribution < -0.4 is 5.32 Å². The number of nitro benzene ring substituents is 2. The van der Waals surface area contributed by atoms with Crippen molar-refractivity contribution in [1.29, 1.82) is 0 Å². The number of nitrogens with one attached hydrogen (secondary N) is 1. The summed E-state index contributed by atoms with van der Waals surface area (Å²) in [7, 11) is 0.795. The normalized spacial score (nSPS) is 11.5. The van der Waals surface area contributed by atoms with Crippen LogP contribution in [0.5, 0.6) is 0 Å². The molecule has 0 aliphatic carbocycles. The molecule has 1 aromatic carbocycles. The summed E-state index contributed by atoms with van der Waals surface area (Å²) in [6.07, 6.45) is 1.17. The van der Waals surface area contributed by atoms with Crippen molar-refractivity contribution in [1.82, 2.24) is 0 Å². The van der Waals surface area contributed by atoms with Gasteiger partial charge in [0, 0.05) is 28.9 Å². The highest BCUT2D eigenvalue weighted by Gasteiger charge is 2.30. The quantitative estimate of drug-likeness (QED) is 0.453. The van der Waals surface area contributed by atoms with Crippen LogP contribution >= 0.6 is 10.7 Å². The second kappa shape index (κ2) is 6.88. The van der Waals surface area contributed by atoms with Gasteiger partial charge in [0.05, 0.1) is 14.7 Å². The zero-order valence-electron chi connectivity index (χ0n) is 11.8. The number of hydrogen-bond acceptors (Lipinski definition) is 7. The lowest BCUT2D eigenvalue weighted by Crippen LogP contribution is -2.19. The van der Waals surface area contributed by atoms with Gasteiger partial charge >= 0.3 is 11.4 Å². The van der Waals surface area contributed by atoms with Gasteiger partial charge in [-0.1, -0.05) is 13.8 Å². The van der Waals surface area contributed by atoms with E-state index >= 15 is 0 Å². The van der Waals surface area contributed by atoms with E-state index in [1.165, 1.54) is 0 Å². The zero-order chi connectivity index (χ0) is 17.1. The van der Waals surface area contributed by atoms with Gasteiger partial charge in [-0.3, -0.25) is 20.2 Å². The Labute approximate surface area is 131 Å². The molecular weight excluding hydrogens is 338 g/mol. The molecule has 122 valence electrons. The molecule has 0 spiro atoms. The molecule has 0 heterocycles. The van der Waals surface area contributed by atoms with Gasteiger partial charge < -0.3 is 5.32 Å². The summed E-state index contributed by atoms with van der Waals surface area (Å²) < 4.78 is 22.7. The van der Waals surface area contributed by atoms with Crippen LogP contribution in [0.3, 0.4) is 0 Å². The summed E-state index contributed by atoms with van der Waals surface area (Å²) in [6.45, 7) is 3.63. The molecule has 1 rings (SSSR count). The minimum atomic E-state index is -4.34. The maximum absolute atomic E-state index is 11.3. The van der Waals surface area contributed by atoms with Gasteiger partial charge in [0.1, 0.15) is 0 Å². The molecule has 0 atom stereocenters. The summed E-state index contributed by atoms with van der Waals surface area (Å²) in [6, 6.07) is 1.19. The molecule has 0 fully saturated rings. The molecule has 0 saturated carbocycles. The minimum Gasteiger partial charge on any atom is -0.371 e. The van der Waals surface area contributed by atoms with Crippen molar-refractivity contribution in [3.05, 3.63) is 32.4 Å². The lowest BCUT2D eigenvalue weighted by Gasteiger charge is -2.16. The van der Waals surface area contributed by atoms with Crippen LogP contribution in [0, 0.1) is 20.2 Å². The van der Waals surface area contributed by atoms with E-state index in [0.717, 1.165) is 0 Å². The molecule has 1 aromatic rings. The third-order valence-corrected chi connectivity index (χ3v) is 4.41. The molecule has 0 unspecified atom stereocenters. The molecule has 0 bridgehead atoms. The van der Waals surface area contributed by atoms with Crippen molar-refractivity contribution in [3.8, 4) is 0 Å². The van der Waals surface area contributed by atoms with Crippen molar-refractivity contribution in [3.63, 3.8) is 0 Å². The van der Waals surface area contributed by atoms with Gasteiger partial charge in [-0.05, 0) is 12.8 Å². The molecular formula is C11H14ClN3O6S. The molecule has 0 saturated heterocycles. The van der Waals surface area contributed by atoms with E-state index in [-0.39, 0.29) is 11.7 Å². The Hall–Kier alpha value is -1.94. The first-order chi connectivity index (χ1) is 10.1. The summed E-state index contributed by atoms with van der Waals surface area (Å²) in [5.74, 6) is 0. The van der Waals surface area contributed by atoms with Crippen molar-refractivity contribution in [2.45, 2.75) is 37.6 Å². The van der Waals surface area contributed by atoms with E-state index < -0.39 is 35.2 Å². The topological polar surface area (TPSA) is 132 Å². The Morgan fingerprint density at radius 2 is 1.55 bits per heavy atom. The Morgan fingerprint density at radius 1 is 1.14 bits per heavy atom. The lowest BCUT2D eigenvalue weighted by molar-refractivity contribution is -0.392. The zero-order valence-corrected chi connectivity index (χ0v) is 13.3. The summed E-state index contributed by atoms with van der Waals surface area (Å²) in [4.78, 5) is 19.8. The number of nitrogens with zero attached hydrogens (tertiary/aromatic N) is 2. The number of nitro groups is 2. The first-order valence-corrected chi connectivity index (χ1v) is 8.60. The second-order valence-corrected chi connectivity index (χ2v) is 7.01. The van der Waals surface area contributed by atoms with E-state index in [9.17, 15) is 28.6 Å². The number of benzene rings is 1. The predicted octanol–water partition coefficient (Wildman–Crippen LogP) is 3.03. The molecule has 0 aromatic heterocycles. The average molecular weight is 352 g/mol. The molecule has 0 radical (unpaired) electrons. The summed E-state index contributed by atoms with van der Waals surface area (Å²) in [5, 5.41) is 25.0. The molecule has 1 N–H and O–H groups in total. The Kier molecular flexibility index (Phi) is 5.66. The second-order valence-electron chi connectivity index (χ2n) is 4.45. The molecule has 9 nitrogen and oxygen atoms in total. The number of halogens is 1. The van der Waals surface area contributed by atoms with Gasteiger partial charge in [0.25, 0.3) is 9.05 Å². The largest absolute Gasteiger partial charge is 0.371 e.